The van der Waals surface area contributed by atoms with E-state index in [2.05, 4.69) is 37.6 Å². The first-order valence-electron chi connectivity index (χ1n) is 16.7. The van der Waals surface area contributed by atoms with Gasteiger partial charge < -0.3 is 29.7 Å². The van der Waals surface area contributed by atoms with E-state index in [1.54, 1.807) is 0 Å². The monoisotopic (exact) mass is 683 g/mol. The smallest absolute Gasteiger partial charge is 0.319 e. The predicted molar refractivity (Wildman–Crippen MR) is 186 cm³/mol. The van der Waals surface area contributed by atoms with Gasteiger partial charge in [0.05, 0.1) is 36.8 Å². The average molecular weight is 684 g/mol. The number of ether oxygens (including phenoxy) is 2. The lowest BCUT2D eigenvalue weighted by molar-refractivity contribution is -0.117. The molecule has 1 atom stereocenters. The normalized spacial score (nSPS) is 19.6. The second-order valence-electron chi connectivity index (χ2n) is 13.5. The fourth-order valence-corrected chi connectivity index (χ4v) is 6.96. The number of terminal acetylenes is 1. The fraction of sp³-hybridized carbons (Fsp3) is 0.405. The molecule has 0 radical (unpaired) electrons. The minimum atomic E-state index is -0.798. The Morgan fingerprint density at radius 2 is 2.00 bits per heavy atom. The maximum absolute atomic E-state index is 17.0. The number of phenols is 1. The molecule has 0 bridgehead atoms. The number of nitrogens with zero attached hydrogens (tertiary/aromatic N) is 6. The van der Waals surface area contributed by atoms with E-state index in [1.807, 2.05) is 11.9 Å². The van der Waals surface area contributed by atoms with Crippen molar-refractivity contribution in [3.63, 3.8) is 0 Å². The van der Waals surface area contributed by atoms with Crippen molar-refractivity contribution in [2.75, 3.05) is 77.6 Å². The van der Waals surface area contributed by atoms with Crippen LogP contribution in [0.25, 0.3) is 32.9 Å². The predicted octanol–water partition coefficient (Wildman–Crippen LogP) is 3.72. The van der Waals surface area contributed by atoms with Crippen LogP contribution in [0.1, 0.15) is 18.4 Å². The highest BCUT2D eigenvalue weighted by Gasteiger charge is 2.45. The molecule has 2 N–H and O–H groups in total. The van der Waals surface area contributed by atoms with E-state index in [9.17, 15) is 14.3 Å². The van der Waals surface area contributed by atoms with Crippen LogP contribution >= 0.6 is 0 Å². The quantitative estimate of drug-likeness (QED) is 0.200. The summed E-state index contributed by atoms with van der Waals surface area (Å²) in [6.07, 6.45) is 10.4. The zero-order chi connectivity index (χ0) is 35.0. The minimum absolute atomic E-state index is 0.0113. The lowest BCUT2D eigenvalue weighted by Gasteiger charge is -2.30. The number of aromatic hydroxyl groups is 1. The van der Waals surface area contributed by atoms with Crippen LogP contribution in [0.2, 0.25) is 0 Å². The molecule has 2 aromatic heterocycles. The Labute approximate surface area is 288 Å². The molecule has 2 aliphatic heterocycles. The van der Waals surface area contributed by atoms with Crippen LogP contribution in [0.15, 0.2) is 43.1 Å². The van der Waals surface area contributed by atoms with E-state index in [1.165, 1.54) is 36.5 Å². The molecule has 7 rings (SSSR count). The summed E-state index contributed by atoms with van der Waals surface area (Å²) in [5.74, 6) is 0.877. The number of aromatic nitrogens is 3. The number of halogens is 2. The maximum Gasteiger partial charge on any atom is 0.319 e. The third kappa shape index (κ3) is 6.79. The number of carbonyl (C=O) groups is 1. The number of morpholine rings is 1. The highest BCUT2D eigenvalue weighted by molar-refractivity contribution is 6.03. The first-order valence-corrected chi connectivity index (χ1v) is 16.7. The van der Waals surface area contributed by atoms with E-state index in [0.717, 1.165) is 32.5 Å². The summed E-state index contributed by atoms with van der Waals surface area (Å²) < 4.78 is 43.7. The molecule has 0 unspecified atom stereocenters. The number of nitrogens with one attached hydrogen (secondary N) is 1. The molecule has 1 aliphatic carbocycles. The lowest BCUT2D eigenvalue weighted by Crippen LogP contribution is -2.46. The van der Waals surface area contributed by atoms with Crippen molar-refractivity contribution < 1.29 is 28.2 Å². The molecule has 3 aliphatic rings. The van der Waals surface area contributed by atoms with Crippen LogP contribution < -0.4 is 15.0 Å². The van der Waals surface area contributed by atoms with Gasteiger partial charge in [-0.15, -0.1) is 6.42 Å². The number of phenolic OH excluding ortho intramolecular Hbond substituents is 1. The van der Waals surface area contributed by atoms with Gasteiger partial charge in [-0.3, -0.25) is 14.7 Å². The second kappa shape index (κ2) is 13.8. The number of likely N-dealkylation sites (N-methyl/N-ethyl adjacent to an activating group) is 1. The van der Waals surface area contributed by atoms with Crippen LogP contribution in [0.4, 0.5) is 14.6 Å². The van der Waals surface area contributed by atoms with Gasteiger partial charge in [0.1, 0.15) is 28.6 Å². The van der Waals surface area contributed by atoms with Gasteiger partial charge in [0.2, 0.25) is 5.91 Å². The van der Waals surface area contributed by atoms with Crippen molar-refractivity contribution in [1.29, 1.82) is 0 Å². The number of amides is 1. The van der Waals surface area contributed by atoms with Crippen molar-refractivity contribution in [1.82, 2.24) is 30.1 Å². The number of carbonyl (C=O) groups excluding carboxylic acids is 1. The van der Waals surface area contributed by atoms with E-state index in [-0.39, 0.29) is 56.8 Å². The summed E-state index contributed by atoms with van der Waals surface area (Å²) in [4.78, 5) is 32.7. The summed E-state index contributed by atoms with van der Waals surface area (Å²) in [5.41, 5.74) is -0.205. The molecule has 260 valence electrons. The molecule has 1 saturated carbocycles. The molecule has 4 heterocycles. The highest BCUT2D eigenvalue weighted by Crippen LogP contribution is 2.47. The molecule has 0 spiro atoms. The summed E-state index contributed by atoms with van der Waals surface area (Å²) >= 11 is 0. The molecule has 1 amide bonds. The molecule has 13 heteroatoms. The van der Waals surface area contributed by atoms with Crippen LogP contribution in [0.3, 0.4) is 0 Å². The lowest BCUT2D eigenvalue weighted by atomic mass is 9.96. The van der Waals surface area contributed by atoms with Gasteiger partial charge in [0.15, 0.2) is 5.82 Å². The van der Waals surface area contributed by atoms with Crippen molar-refractivity contribution in [3.8, 4) is 35.4 Å². The Kier molecular flexibility index (Phi) is 9.26. The number of rotatable bonds is 9. The standard InChI is InChI=1S/C37H39F2N7O4/c1-4-26-29(38)7-6-23-16-25(47)17-27(31(23)26)33-32(39)34-28(18-40-33)35(46-11-10-44(3)19-24(20-46)41-30(48)5-2)43-36(42-34)50-22-37(8-9-37)21-45-12-14-49-15-13-45/h1,5-7,16-18,24,47H,2,8-15,19-22H2,3H3,(H,41,48)/t24-/m0/s1. The van der Waals surface area contributed by atoms with Crippen LogP contribution in [-0.4, -0.2) is 114 Å². The number of benzene rings is 2. The van der Waals surface area contributed by atoms with Gasteiger partial charge >= 0.3 is 6.01 Å². The molecular formula is C37H39F2N7O4. The first kappa shape index (κ1) is 33.6. The summed E-state index contributed by atoms with van der Waals surface area (Å²) in [5, 5.41) is 14.6. The van der Waals surface area contributed by atoms with Crippen molar-refractivity contribution in [2.45, 2.75) is 18.9 Å². The van der Waals surface area contributed by atoms with Crippen molar-refractivity contribution >= 4 is 33.4 Å². The number of pyridine rings is 1. The number of hydrogen-bond acceptors (Lipinski definition) is 10. The SMILES string of the molecule is C#Cc1c(F)ccc2cc(O)cc(-c3ncc4c(N5CCN(C)C[C@H](NC(=O)C=C)C5)nc(OCC5(CN6CCOCC6)CC5)nc4c3F)c12. The molecular weight excluding hydrogens is 644 g/mol. The average Bonchev–Trinajstić information content (AvgIpc) is 3.91. The number of hydrogen-bond donors (Lipinski definition) is 2. The third-order valence-corrected chi connectivity index (χ3v) is 9.78. The summed E-state index contributed by atoms with van der Waals surface area (Å²) in [6, 6.07) is 5.17. The zero-order valence-electron chi connectivity index (χ0n) is 27.9. The Balaban J connectivity index is 1.33. The fourth-order valence-electron chi connectivity index (χ4n) is 6.96. The van der Waals surface area contributed by atoms with E-state index < -0.39 is 11.6 Å². The van der Waals surface area contributed by atoms with Gasteiger partial charge in [0.25, 0.3) is 0 Å². The molecule has 11 nitrogen and oxygen atoms in total. The summed E-state index contributed by atoms with van der Waals surface area (Å²) in [6.45, 7) is 10.1. The minimum Gasteiger partial charge on any atom is -0.508 e. The summed E-state index contributed by atoms with van der Waals surface area (Å²) in [7, 11) is 1.97. The van der Waals surface area contributed by atoms with Gasteiger partial charge in [-0.2, -0.15) is 9.97 Å². The largest absolute Gasteiger partial charge is 0.508 e. The Morgan fingerprint density at radius 3 is 2.74 bits per heavy atom. The number of anilines is 1. The second-order valence-corrected chi connectivity index (χ2v) is 13.5. The van der Waals surface area contributed by atoms with Crippen molar-refractivity contribution in [3.05, 3.63) is 60.3 Å². The maximum atomic E-state index is 17.0. The van der Waals surface area contributed by atoms with Gasteiger partial charge in [0, 0.05) is 68.4 Å². The zero-order valence-corrected chi connectivity index (χ0v) is 27.9. The highest BCUT2D eigenvalue weighted by atomic mass is 19.1. The van der Waals surface area contributed by atoms with Gasteiger partial charge in [-0.25, -0.2) is 8.78 Å². The molecule has 50 heavy (non-hydrogen) atoms. The topological polar surface area (TPSA) is 116 Å². The third-order valence-electron chi connectivity index (χ3n) is 9.78. The van der Waals surface area contributed by atoms with Crippen LogP contribution in [0.5, 0.6) is 11.8 Å². The van der Waals surface area contributed by atoms with E-state index in [0.29, 0.717) is 62.6 Å². The molecule has 4 aromatic rings. The first-order chi connectivity index (χ1) is 24.2. The van der Waals surface area contributed by atoms with Gasteiger partial charge in [-0.05, 0) is 49.6 Å². The Bertz CT molecular complexity index is 2010. The molecule has 3 fully saturated rings. The Morgan fingerprint density at radius 1 is 1.20 bits per heavy atom. The molecule has 2 aromatic carbocycles. The Hall–Kier alpha value is -4.90. The van der Waals surface area contributed by atoms with E-state index >= 15 is 4.39 Å². The van der Waals surface area contributed by atoms with Gasteiger partial charge in [-0.1, -0.05) is 18.6 Å². The van der Waals surface area contributed by atoms with Crippen LogP contribution in [-0.2, 0) is 9.53 Å². The van der Waals surface area contributed by atoms with Crippen molar-refractivity contribution in [2.24, 2.45) is 5.41 Å². The van der Waals surface area contributed by atoms with E-state index in [4.69, 9.17) is 20.9 Å². The molecule has 2 saturated heterocycles. The van der Waals surface area contributed by atoms with Crippen LogP contribution in [0, 0.1) is 29.4 Å². The number of fused-ring (bicyclic) bond motifs is 2.